The molecule has 3 rings (SSSR count). The largest absolute Gasteiger partial charge is 0.465 e. The Morgan fingerprint density at radius 1 is 1.23 bits per heavy atom. The fourth-order valence-electron chi connectivity index (χ4n) is 2.63. The van der Waals surface area contributed by atoms with E-state index >= 15 is 0 Å². The van der Waals surface area contributed by atoms with Crippen LogP contribution in [0.4, 0.5) is 18.9 Å². The second kappa shape index (κ2) is 6.70. The van der Waals surface area contributed by atoms with E-state index in [4.69, 9.17) is 4.74 Å². The lowest BCUT2D eigenvalue weighted by Gasteiger charge is -2.12. The highest BCUT2D eigenvalue weighted by Crippen LogP contribution is 2.32. The van der Waals surface area contributed by atoms with Crippen molar-refractivity contribution in [3.63, 3.8) is 0 Å². The maximum atomic E-state index is 13.1. The lowest BCUT2D eigenvalue weighted by atomic mass is 10.1. The van der Waals surface area contributed by atoms with E-state index in [0.29, 0.717) is 29.3 Å². The van der Waals surface area contributed by atoms with Crippen LogP contribution in [0.2, 0.25) is 0 Å². The van der Waals surface area contributed by atoms with Crippen LogP contribution in [0.3, 0.4) is 0 Å². The summed E-state index contributed by atoms with van der Waals surface area (Å²) in [4.78, 5) is 16.7. The molecule has 1 heterocycles. The lowest BCUT2D eigenvalue weighted by molar-refractivity contribution is -0.137. The predicted molar refractivity (Wildman–Crippen MR) is 91.3 cm³/mol. The van der Waals surface area contributed by atoms with Gasteiger partial charge in [0.15, 0.2) is 0 Å². The minimum Gasteiger partial charge on any atom is -0.465 e. The average Bonchev–Trinajstić information content (AvgIpc) is 2.90. The van der Waals surface area contributed by atoms with E-state index in [9.17, 15) is 18.0 Å². The summed E-state index contributed by atoms with van der Waals surface area (Å²) in [5, 5.41) is 2.51. The Kier molecular flexibility index (Phi) is 4.58. The van der Waals surface area contributed by atoms with Gasteiger partial charge in [-0.15, -0.1) is 0 Å². The van der Waals surface area contributed by atoms with Gasteiger partial charge in [-0.05, 0) is 37.3 Å². The molecule has 5 nitrogen and oxygen atoms in total. The molecule has 3 aromatic rings. The third-order valence-electron chi connectivity index (χ3n) is 3.85. The maximum absolute atomic E-state index is 13.1. The third kappa shape index (κ3) is 3.35. The van der Waals surface area contributed by atoms with Gasteiger partial charge in [-0.2, -0.15) is 18.2 Å². The second-order valence-electron chi connectivity index (χ2n) is 5.59. The topological polar surface area (TPSA) is 56.1 Å². The fraction of sp³-hybridized carbons (Fsp3) is 0.222. The van der Waals surface area contributed by atoms with E-state index in [0.717, 1.165) is 12.1 Å². The van der Waals surface area contributed by atoms with Crippen LogP contribution in [0.1, 0.15) is 22.8 Å². The van der Waals surface area contributed by atoms with Crippen molar-refractivity contribution in [2.45, 2.75) is 13.1 Å². The molecule has 0 unspecified atom stereocenters. The van der Waals surface area contributed by atoms with Crippen molar-refractivity contribution in [2.24, 2.45) is 7.05 Å². The number of nitrogens with zero attached hydrogens (tertiary/aromatic N) is 2. The molecule has 0 radical (unpaired) electrons. The van der Waals surface area contributed by atoms with Crippen LogP contribution >= 0.6 is 0 Å². The number of amides is 1. The minimum absolute atomic E-state index is 0.366. The highest BCUT2D eigenvalue weighted by Gasteiger charge is 2.34. The molecule has 136 valence electrons. The molecule has 26 heavy (non-hydrogen) atoms. The number of carbonyl (C=O) groups excluding carboxylic acids is 1. The van der Waals surface area contributed by atoms with Gasteiger partial charge in [-0.3, -0.25) is 9.36 Å². The standard InChI is InChI=1S/C18H16F3N3O2/c1-3-26-17-23-14-9-8-11(10-15(14)24(17)2)22-16(25)12-6-4-5-7-13(12)18(19,20)21/h4-10H,3H2,1-2H3,(H,22,25). The van der Waals surface area contributed by atoms with E-state index in [2.05, 4.69) is 10.3 Å². The number of carbonyl (C=O) groups is 1. The molecular weight excluding hydrogens is 347 g/mol. The van der Waals surface area contributed by atoms with Crippen LogP contribution in [-0.4, -0.2) is 22.1 Å². The van der Waals surface area contributed by atoms with Gasteiger partial charge in [-0.1, -0.05) is 12.1 Å². The van der Waals surface area contributed by atoms with Gasteiger partial charge in [0.05, 0.1) is 28.8 Å². The molecule has 0 atom stereocenters. The summed E-state index contributed by atoms with van der Waals surface area (Å²) >= 11 is 0. The highest BCUT2D eigenvalue weighted by atomic mass is 19.4. The number of fused-ring (bicyclic) bond motifs is 1. The molecule has 1 aromatic heterocycles. The van der Waals surface area contributed by atoms with Crippen molar-refractivity contribution in [3.8, 4) is 6.01 Å². The van der Waals surface area contributed by atoms with Crippen LogP contribution in [0.5, 0.6) is 6.01 Å². The molecule has 0 aliphatic carbocycles. The first kappa shape index (κ1) is 17.8. The van der Waals surface area contributed by atoms with Crippen molar-refractivity contribution in [3.05, 3.63) is 53.6 Å². The first-order valence-corrected chi connectivity index (χ1v) is 7.88. The molecule has 2 aromatic carbocycles. The van der Waals surface area contributed by atoms with Crippen molar-refractivity contribution in [2.75, 3.05) is 11.9 Å². The number of alkyl halides is 3. The fourth-order valence-corrected chi connectivity index (χ4v) is 2.63. The number of anilines is 1. The summed E-state index contributed by atoms with van der Waals surface area (Å²) in [6.07, 6.45) is -4.60. The number of rotatable bonds is 4. The zero-order valence-electron chi connectivity index (χ0n) is 14.1. The van der Waals surface area contributed by atoms with Crippen molar-refractivity contribution in [1.82, 2.24) is 9.55 Å². The molecule has 0 saturated heterocycles. The number of imidazole rings is 1. The zero-order chi connectivity index (χ0) is 18.9. The summed E-state index contributed by atoms with van der Waals surface area (Å²) in [6.45, 7) is 2.29. The molecular formula is C18H16F3N3O2. The molecule has 0 spiro atoms. The van der Waals surface area contributed by atoms with E-state index in [-0.39, 0.29) is 0 Å². The minimum atomic E-state index is -4.60. The van der Waals surface area contributed by atoms with Crippen molar-refractivity contribution >= 4 is 22.6 Å². The number of hydrogen-bond donors (Lipinski definition) is 1. The Bertz CT molecular complexity index is 964. The highest BCUT2D eigenvalue weighted by molar-refractivity contribution is 6.06. The molecule has 8 heteroatoms. The first-order valence-electron chi connectivity index (χ1n) is 7.88. The number of nitrogens with one attached hydrogen (secondary N) is 1. The van der Waals surface area contributed by atoms with Gasteiger partial charge in [0, 0.05) is 12.7 Å². The Hall–Kier alpha value is -3.03. The summed E-state index contributed by atoms with van der Waals surface area (Å²) in [5.74, 6) is -0.829. The SMILES string of the molecule is CCOc1nc2ccc(NC(=O)c3ccccc3C(F)(F)F)cc2n1C. The van der Waals surface area contributed by atoms with Crippen LogP contribution in [0.15, 0.2) is 42.5 Å². The zero-order valence-corrected chi connectivity index (χ0v) is 14.1. The second-order valence-corrected chi connectivity index (χ2v) is 5.59. The Morgan fingerprint density at radius 2 is 1.96 bits per heavy atom. The molecule has 0 saturated carbocycles. The normalized spacial score (nSPS) is 11.6. The molecule has 1 N–H and O–H groups in total. The van der Waals surface area contributed by atoms with Gasteiger partial charge in [0.1, 0.15) is 0 Å². The lowest BCUT2D eigenvalue weighted by Crippen LogP contribution is -2.18. The van der Waals surface area contributed by atoms with Crippen molar-refractivity contribution < 1.29 is 22.7 Å². The Labute approximate surface area is 147 Å². The number of hydrogen-bond acceptors (Lipinski definition) is 3. The van der Waals surface area contributed by atoms with Crippen LogP contribution in [0, 0.1) is 0 Å². The molecule has 0 bridgehead atoms. The van der Waals surface area contributed by atoms with Gasteiger partial charge in [-0.25, -0.2) is 0 Å². The van der Waals surface area contributed by atoms with Crippen LogP contribution in [0.25, 0.3) is 11.0 Å². The van der Waals surface area contributed by atoms with Gasteiger partial charge >= 0.3 is 6.18 Å². The summed E-state index contributed by atoms with van der Waals surface area (Å²) in [6, 6.07) is 9.98. The van der Waals surface area contributed by atoms with Crippen molar-refractivity contribution in [1.29, 1.82) is 0 Å². The van der Waals surface area contributed by atoms with Crippen LogP contribution in [-0.2, 0) is 13.2 Å². The first-order chi connectivity index (χ1) is 12.3. The molecule has 0 fully saturated rings. The molecule has 0 aliphatic rings. The Balaban J connectivity index is 1.92. The van der Waals surface area contributed by atoms with Gasteiger partial charge < -0.3 is 10.1 Å². The molecule has 1 amide bonds. The summed E-state index contributed by atoms with van der Waals surface area (Å²) in [7, 11) is 1.75. The monoisotopic (exact) mass is 363 g/mol. The van der Waals surface area contributed by atoms with E-state index < -0.39 is 23.2 Å². The van der Waals surface area contributed by atoms with Gasteiger partial charge in [0.2, 0.25) is 0 Å². The smallest absolute Gasteiger partial charge is 0.417 e. The van der Waals surface area contributed by atoms with E-state index in [1.165, 1.54) is 12.1 Å². The predicted octanol–water partition coefficient (Wildman–Crippen LogP) is 4.24. The average molecular weight is 363 g/mol. The van der Waals surface area contributed by atoms with E-state index in [1.807, 2.05) is 6.92 Å². The Morgan fingerprint density at radius 3 is 2.65 bits per heavy atom. The summed E-state index contributed by atoms with van der Waals surface area (Å²) < 4.78 is 46.3. The number of benzene rings is 2. The number of aromatic nitrogens is 2. The third-order valence-corrected chi connectivity index (χ3v) is 3.85. The van der Waals surface area contributed by atoms with Crippen LogP contribution < -0.4 is 10.1 Å². The maximum Gasteiger partial charge on any atom is 0.417 e. The number of aryl methyl sites for hydroxylation is 1. The van der Waals surface area contributed by atoms with E-state index in [1.54, 1.807) is 29.8 Å². The number of ether oxygens (including phenoxy) is 1. The summed E-state index contributed by atoms with van der Waals surface area (Å²) in [5.41, 5.74) is 0.309. The molecule has 0 aliphatic heterocycles. The quantitative estimate of drug-likeness (QED) is 0.754. The van der Waals surface area contributed by atoms with Gasteiger partial charge in [0.25, 0.3) is 11.9 Å². The number of halogens is 3.